The Morgan fingerprint density at radius 3 is 2.46 bits per heavy atom. The van der Waals surface area contributed by atoms with Gasteiger partial charge in [0.25, 0.3) is 0 Å². The molecule has 142 valence electrons. The maximum absolute atomic E-state index is 13.4. The Kier molecular flexibility index (Phi) is 5.50. The van der Waals surface area contributed by atoms with E-state index in [0.717, 1.165) is 24.9 Å². The number of likely N-dealkylation sites (N-methyl/N-ethyl adjacent to an activating group) is 1. The van der Waals surface area contributed by atoms with E-state index in [1.54, 1.807) is 15.9 Å². The lowest BCUT2D eigenvalue weighted by molar-refractivity contribution is 0.248. The molecule has 0 spiro atoms. The molecule has 0 saturated carbocycles. The van der Waals surface area contributed by atoms with Crippen molar-refractivity contribution in [3.8, 4) is 5.69 Å². The summed E-state index contributed by atoms with van der Waals surface area (Å²) in [6.45, 7) is 4.72. The largest absolute Gasteiger partial charge is 0.305 e. The molecular formula is C19H28N4O2S. The van der Waals surface area contributed by atoms with Crippen LogP contribution in [-0.2, 0) is 10.0 Å². The second kappa shape index (κ2) is 7.50. The third-order valence-corrected chi connectivity index (χ3v) is 7.28. The molecule has 0 aliphatic carbocycles. The molecule has 2 aromatic rings. The summed E-state index contributed by atoms with van der Waals surface area (Å²) in [5, 5.41) is 4.52. The van der Waals surface area contributed by atoms with E-state index in [2.05, 4.69) is 10.00 Å². The van der Waals surface area contributed by atoms with Gasteiger partial charge < -0.3 is 4.90 Å². The van der Waals surface area contributed by atoms with Crippen LogP contribution >= 0.6 is 0 Å². The van der Waals surface area contributed by atoms with Crippen LogP contribution in [0.1, 0.15) is 30.7 Å². The lowest BCUT2D eigenvalue weighted by atomic mass is 10.1. The molecule has 0 amide bonds. The second-order valence-corrected chi connectivity index (χ2v) is 9.10. The summed E-state index contributed by atoms with van der Waals surface area (Å²) in [6, 6.07) is 9.91. The van der Waals surface area contributed by atoms with Crippen LogP contribution in [0, 0.1) is 13.8 Å². The summed E-state index contributed by atoms with van der Waals surface area (Å²) in [4.78, 5) is 2.47. The average molecular weight is 377 g/mol. The third kappa shape index (κ3) is 3.56. The van der Waals surface area contributed by atoms with E-state index in [4.69, 9.17) is 0 Å². The first-order valence-electron chi connectivity index (χ1n) is 9.10. The number of hydrogen-bond donors (Lipinski definition) is 0. The smallest absolute Gasteiger partial charge is 0.246 e. The average Bonchev–Trinajstić information content (AvgIpc) is 2.78. The molecule has 0 N–H and O–H groups in total. The molecule has 0 bridgehead atoms. The summed E-state index contributed by atoms with van der Waals surface area (Å²) in [6.07, 6.45) is 2.98. The highest BCUT2D eigenvalue weighted by molar-refractivity contribution is 7.89. The Hall–Kier alpha value is -1.70. The number of benzene rings is 1. The van der Waals surface area contributed by atoms with Gasteiger partial charge >= 0.3 is 0 Å². The molecule has 1 aromatic heterocycles. The van der Waals surface area contributed by atoms with Crippen LogP contribution in [0.5, 0.6) is 0 Å². The predicted octanol–water partition coefficient (Wildman–Crippen LogP) is 2.59. The summed E-state index contributed by atoms with van der Waals surface area (Å²) in [5.41, 5.74) is 2.09. The molecule has 1 saturated heterocycles. The lowest BCUT2D eigenvalue weighted by Gasteiger charge is -2.28. The van der Waals surface area contributed by atoms with Gasteiger partial charge in [-0.05, 0) is 52.9 Å². The van der Waals surface area contributed by atoms with Crippen molar-refractivity contribution in [1.82, 2.24) is 19.0 Å². The Labute approximate surface area is 156 Å². The van der Waals surface area contributed by atoms with Crippen molar-refractivity contribution < 1.29 is 8.42 Å². The van der Waals surface area contributed by atoms with E-state index >= 15 is 0 Å². The number of aromatic nitrogens is 2. The Bertz CT molecular complexity index is 859. The fraction of sp³-hybridized carbons (Fsp3) is 0.526. The molecule has 0 radical (unpaired) electrons. The zero-order valence-corrected chi connectivity index (χ0v) is 16.8. The lowest BCUT2D eigenvalue weighted by Crippen LogP contribution is -2.42. The van der Waals surface area contributed by atoms with E-state index in [9.17, 15) is 8.42 Å². The van der Waals surface area contributed by atoms with Crippen LogP contribution in [0.3, 0.4) is 0 Å². The van der Waals surface area contributed by atoms with Crippen LogP contribution in [0.4, 0.5) is 0 Å². The highest BCUT2D eigenvalue weighted by Gasteiger charge is 2.34. The minimum absolute atomic E-state index is 0.247. The van der Waals surface area contributed by atoms with Crippen LogP contribution < -0.4 is 0 Å². The number of hydrogen-bond acceptors (Lipinski definition) is 4. The molecule has 1 atom stereocenters. The van der Waals surface area contributed by atoms with Crippen molar-refractivity contribution in [3.05, 3.63) is 41.7 Å². The van der Waals surface area contributed by atoms with Gasteiger partial charge in [-0.15, -0.1) is 0 Å². The first-order chi connectivity index (χ1) is 12.3. The van der Waals surface area contributed by atoms with Gasteiger partial charge in [0.1, 0.15) is 4.90 Å². The fourth-order valence-corrected chi connectivity index (χ4v) is 5.55. The SMILES string of the molecule is Cc1nn(-c2ccccc2)c(C)c1S(=O)(=O)N1CCCC[C@H](N(C)C)C1. The highest BCUT2D eigenvalue weighted by Crippen LogP contribution is 2.28. The van der Waals surface area contributed by atoms with Gasteiger partial charge in [0.05, 0.1) is 17.1 Å². The molecular weight excluding hydrogens is 348 g/mol. The minimum Gasteiger partial charge on any atom is -0.305 e. The molecule has 3 rings (SSSR count). The standard InChI is InChI=1S/C19H28N4O2S/c1-15-19(16(2)23(20-15)17-10-6-5-7-11-17)26(24,25)22-13-9-8-12-18(14-22)21(3)4/h5-7,10-11,18H,8-9,12-14H2,1-4H3/t18-/m0/s1. The molecule has 1 fully saturated rings. The van der Waals surface area contributed by atoms with E-state index in [1.165, 1.54) is 0 Å². The van der Waals surface area contributed by atoms with Crippen LogP contribution in [-0.4, -0.2) is 60.6 Å². The van der Waals surface area contributed by atoms with Crippen LogP contribution in [0.2, 0.25) is 0 Å². The Morgan fingerprint density at radius 2 is 1.81 bits per heavy atom. The number of nitrogens with zero attached hydrogens (tertiary/aromatic N) is 4. The van der Waals surface area contributed by atoms with Gasteiger partial charge in [-0.1, -0.05) is 24.6 Å². The summed E-state index contributed by atoms with van der Waals surface area (Å²) in [5.74, 6) is 0. The van der Waals surface area contributed by atoms with E-state index in [-0.39, 0.29) is 6.04 Å². The second-order valence-electron chi connectivity index (χ2n) is 7.22. The normalized spacial score (nSPS) is 19.7. The quantitative estimate of drug-likeness (QED) is 0.823. The predicted molar refractivity (Wildman–Crippen MR) is 103 cm³/mol. The number of para-hydroxylation sites is 1. The third-order valence-electron chi connectivity index (χ3n) is 5.16. The maximum Gasteiger partial charge on any atom is 0.246 e. The number of sulfonamides is 1. The molecule has 7 heteroatoms. The first-order valence-corrected chi connectivity index (χ1v) is 10.5. The fourth-order valence-electron chi connectivity index (χ4n) is 3.68. The Balaban J connectivity index is 2.01. The highest BCUT2D eigenvalue weighted by atomic mass is 32.2. The molecule has 1 aliphatic heterocycles. The summed E-state index contributed by atoms with van der Waals surface area (Å²) < 4.78 is 30.3. The molecule has 1 aliphatic rings. The number of rotatable bonds is 4. The molecule has 2 heterocycles. The van der Waals surface area contributed by atoms with Crippen molar-refractivity contribution in [3.63, 3.8) is 0 Å². The van der Waals surface area contributed by atoms with Crippen molar-refractivity contribution in [2.24, 2.45) is 0 Å². The van der Waals surface area contributed by atoms with Gasteiger partial charge in [0.2, 0.25) is 10.0 Å². The van der Waals surface area contributed by atoms with Crippen molar-refractivity contribution >= 4 is 10.0 Å². The van der Waals surface area contributed by atoms with Crippen molar-refractivity contribution in [2.45, 2.75) is 44.0 Å². The van der Waals surface area contributed by atoms with Gasteiger partial charge in [-0.3, -0.25) is 0 Å². The van der Waals surface area contributed by atoms with Crippen molar-refractivity contribution in [2.75, 3.05) is 27.2 Å². The zero-order chi connectivity index (χ0) is 18.9. The topological polar surface area (TPSA) is 58.4 Å². The van der Waals surface area contributed by atoms with Gasteiger partial charge in [0, 0.05) is 19.1 Å². The number of aryl methyl sites for hydroxylation is 1. The summed E-state index contributed by atoms with van der Waals surface area (Å²) in [7, 11) is 0.460. The van der Waals surface area contributed by atoms with Gasteiger partial charge in [-0.2, -0.15) is 9.40 Å². The summed E-state index contributed by atoms with van der Waals surface area (Å²) >= 11 is 0. The molecule has 0 unspecified atom stereocenters. The van der Waals surface area contributed by atoms with Crippen LogP contribution in [0.15, 0.2) is 35.2 Å². The van der Waals surface area contributed by atoms with Gasteiger partial charge in [-0.25, -0.2) is 13.1 Å². The molecule has 6 nitrogen and oxygen atoms in total. The molecule has 1 aromatic carbocycles. The van der Waals surface area contributed by atoms with E-state index in [1.807, 2.05) is 51.4 Å². The minimum atomic E-state index is -3.58. The first kappa shape index (κ1) is 19.1. The molecule has 26 heavy (non-hydrogen) atoms. The van der Waals surface area contributed by atoms with E-state index < -0.39 is 10.0 Å². The Morgan fingerprint density at radius 1 is 1.12 bits per heavy atom. The maximum atomic E-state index is 13.4. The van der Waals surface area contributed by atoms with Crippen molar-refractivity contribution in [1.29, 1.82) is 0 Å². The van der Waals surface area contributed by atoms with E-state index in [0.29, 0.717) is 29.4 Å². The van der Waals surface area contributed by atoms with Gasteiger partial charge in [0.15, 0.2) is 0 Å². The zero-order valence-electron chi connectivity index (χ0n) is 16.0. The van der Waals surface area contributed by atoms with Crippen LogP contribution in [0.25, 0.3) is 5.69 Å². The monoisotopic (exact) mass is 376 g/mol.